The van der Waals surface area contributed by atoms with E-state index in [-0.39, 0.29) is 0 Å². The van der Waals surface area contributed by atoms with E-state index >= 15 is 0 Å². The van der Waals surface area contributed by atoms with Crippen LogP contribution in [0.15, 0.2) is 0 Å². The molecule has 96 valence electrons. The fraction of sp³-hybridized carbons (Fsp3) is 0.846. The van der Waals surface area contributed by atoms with E-state index in [0.29, 0.717) is 17.9 Å². The molecule has 0 saturated heterocycles. The van der Waals surface area contributed by atoms with Crippen LogP contribution in [0.25, 0.3) is 0 Å². The second-order valence-corrected chi connectivity index (χ2v) is 5.40. The van der Waals surface area contributed by atoms with Crippen LogP contribution >= 0.6 is 0 Å². The first-order valence-corrected chi connectivity index (χ1v) is 6.81. The van der Waals surface area contributed by atoms with Crippen molar-refractivity contribution in [2.24, 2.45) is 5.92 Å². The van der Waals surface area contributed by atoms with Crippen LogP contribution in [0.4, 0.5) is 0 Å². The molecule has 2 rings (SSSR count). The molecular weight excluding hydrogens is 212 g/mol. The molecule has 2 heterocycles. The van der Waals surface area contributed by atoms with Gasteiger partial charge in [-0.1, -0.05) is 34.1 Å². The molecule has 2 atom stereocenters. The molecule has 1 aliphatic heterocycles. The zero-order chi connectivity index (χ0) is 12.4. The van der Waals surface area contributed by atoms with Gasteiger partial charge in [0.15, 0.2) is 0 Å². The molecule has 0 saturated carbocycles. The fourth-order valence-electron chi connectivity index (χ4n) is 2.41. The number of rotatable bonds is 4. The van der Waals surface area contributed by atoms with Crippen LogP contribution in [-0.2, 0) is 6.54 Å². The summed E-state index contributed by atoms with van der Waals surface area (Å²) in [5, 5.41) is 12.4. The van der Waals surface area contributed by atoms with Crippen LogP contribution in [0.2, 0.25) is 0 Å². The molecule has 0 fully saturated rings. The van der Waals surface area contributed by atoms with Gasteiger partial charge in [-0.2, -0.15) is 0 Å². The minimum atomic E-state index is 0.398. The third kappa shape index (κ3) is 2.37. The standard InChI is InChI=1S/C13H24N4/c1-5-6-11-13-16-15-12(10(4)9(2)3)17(13)8-7-14-11/h9-11,14H,5-8H2,1-4H3. The Labute approximate surface area is 104 Å². The smallest absolute Gasteiger partial charge is 0.150 e. The van der Waals surface area contributed by atoms with E-state index in [9.17, 15) is 0 Å². The van der Waals surface area contributed by atoms with Crippen LogP contribution in [0.3, 0.4) is 0 Å². The van der Waals surface area contributed by atoms with Gasteiger partial charge in [-0.3, -0.25) is 0 Å². The zero-order valence-corrected chi connectivity index (χ0v) is 11.4. The molecule has 4 heteroatoms. The Morgan fingerprint density at radius 1 is 1.35 bits per heavy atom. The Balaban J connectivity index is 2.28. The molecule has 1 aromatic rings. The van der Waals surface area contributed by atoms with Crippen LogP contribution in [0.1, 0.15) is 64.1 Å². The third-order valence-corrected chi connectivity index (χ3v) is 3.83. The summed E-state index contributed by atoms with van der Waals surface area (Å²) in [7, 11) is 0. The summed E-state index contributed by atoms with van der Waals surface area (Å²) in [6, 6.07) is 0.398. The summed E-state index contributed by atoms with van der Waals surface area (Å²) in [5.74, 6) is 3.40. The molecule has 0 bridgehead atoms. The van der Waals surface area contributed by atoms with Crippen molar-refractivity contribution in [2.45, 2.75) is 59.0 Å². The topological polar surface area (TPSA) is 42.7 Å². The van der Waals surface area contributed by atoms with Crippen molar-refractivity contribution >= 4 is 0 Å². The lowest BCUT2D eigenvalue weighted by molar-refractivity contribution is 0.377. The molecule has 0 amide bonds. The van der Waals surface area contributed by atoms with Gasteiger partial charge in [-0.25, -0.2) is 0 Å². The lowest BCUT2D eigenvalue weighted by Gasteiger charge is -2.26. The van der Waals surface area contributed by atoms with E-state index in [2.05, 4.69) is 47.8 Å². The second-order valence-electron chi connectivity index (χ2n) is 5.40. The maximum Gasteiger partial charge on any atom is 0.150 e. The summed E-state index contributed by atoms with van der Waals surface area (Å²) >= 11 is 0. The quantitative estimate of drug-likeness (QED) is 0.873. The molecule has 1 aliphatic rings. The highest BCUT2D eigenvalue weighted by Gasteiger charge is 2.26. The number of nitrogens with one attached hydrogen (secondary N) is 1. The van der Waals surface area contributed by atoms with Gasteiger partial charge in [0.05, 0.1) is 6.04 Å². The number of hydrogen-bond acceptors (Lipinski definition) is 3. The Kier molecular flexibility index (Phi) is 3.82. The van der Waals surface area contributed by atoms with Crippen molar-refractivity contribution in [2.75, 3.05) is 6.54 Å². The van der Waals surface area contributed by atoms with Crippen LogP contribution in [-0.4, -0.2) is 21.3 Å². The van der Waals surface area contributed by atoms with E-state index in [1.54, 1.807) is 0 Å². The average molecular weight is 236 g/mol. The monoisotopic (exact) mass is 236 g/mol. The largest absolute Gasteiger partial charge is 0.312 e. The molecule has 0 aromatic carbocycles. The van der Waals surface area contributed by atoms with E-state index < -0.39 is 0 Å². The molecule has 1 N–H and O–H groups in total. The molecule has 0 radical (unpaired) electrons. The van der Waals surface area contributed by atoms with Crippen molar-refractivity contribution < 1.29 is 0 Å². The number of fused-ring (bicyclic) bond motifs is 1. The van der Waals surface area contributed by atoms with Crippen LogP contribution < -0.4 is 5.32 Å². The van der Waals surface area contributed by atoms with E-state index in [1.807, 2.05) is 0 Å². The lowest BCUT2D eigenvalue weighted by Crippen LogP contribution is -2.34. The summed E-state index contributed by atoms with van der Waals surface area (Å²) in [5.41, 5.74) is 0. The minimum Gasteiger partial charge on any atom is -0.312 e. The molecule has 2 unspecified atom stereocenters. The Bertz CT molecular complexity index is 369. The molecular formula is C13H24N4. The third-order valence-electron chi connectivity index (χ3n) is 3.83. The Hall–Kier alpha value is -0.900. The SMILES string of the molecule is CCCC1NCCn2c1nnc2C(C)C(C)C. The van der Waals surface area contributed by atoms with Crippen molar-refractivity contribution in [1.82, 2.24) is 20.1 Å². The number of aromatic nitrogens is 3. The van der Waals surface area contributed by atoms with E-state index in [0.717, 1.165) is 31.2 Å². The predicted molar refractivity (Wildman–Crippen MR) is 68.9 cm³/mol. The van der Waals surface area contributed by atoms with Gasteiger partial charge in [0.2, 0.25) is 0 Å². The normalized spacial score (nSPS) is 21.6. The lowest BCUT2D eigenvalue weighted by atomic mass is 9.97. The van der Waals surface area contributed by atoms with Crippen LogP contribution in [0, 0.1) is 5.92 Å². The molecule has 0 spiro atoms. The van der Waals surface area contributed by atoms with E-state index in [4.69, 9.17) is 0 Å². The van der Waals surface area contributed by atoms with E-state index in [1.165, 1.54) is 6.42 Å². The molecule has 17 heavy (non-hydrogen) atoms. The van der Waals surface area contributed by atoms with Gasteiger partial charge in [0, 0.05) is 19.0 Å². The van der Waals surface area contributed by atoms with Gasteiger partial charge in [-0.05, 0) is 12.3 Å². The van der Waals surface area contributed by atoms with Gasteiger partial charge < -0.3 is 9.88 Å². The first kappa shape index (κ1) is 12.6. The molecule has 4 nitrogen and oxygen atoms in total. The van der Waals surface area contributed by atoms with Crippen molar-refractivity contribution in [3.05, 3.63) is 11.6 Å². The second kappa shape index (κ2) is 5.17. The highest BCUT2D eigenvalue weighted by Crippen LogP contribution is 2.27. The fourth-order valence-corrected chi connectivity index (χ4v) is 2.41. The highest BCUT2D eigenvalue weighted by atomic mass is 15.3. The van der Waals surface area contributed by atoms with Crippen molar-refractivity contribution in [3.8, 4) is 0 Å². The van der Waals surface area contributed by atoms with Crippen molar-refractivity contribution in [1.29, 1.82) is 0 Å². The predicted octanol–water partition coefficient (Wildman–Crippen LogP) is 2.48. The zero-order valence-electron chi connectivity index (χ0n) is 11.4. The maximum absolute atomic E-state index is 4.42. The molecule has 0 aliphatic carbocycles. The number of hydrogen-bond donors (Lipinski definition) is 1. The van der Waals surface area contributed by atoms with Gasteiger partial charge in [0.1, 0.15) is 11.6 Å². The summed E-state index contributed by atoms with van der Waals surface area (Å²) in [6.07, 6.45) is 2.33. The first-order chi connectivity index (χ1) is 8.15. The van der Waals surface area contributed by atoms with Gasteiger partial charge >= 0.3 is 0 Å². The average Bonchev–Trinajstić information content (AvgIpc) is 2.73. The minimum absolute atomic E-state index is 0.398. The maximum atomic E-state index is 4.42. The van der Waals surface area contributed by atoms with Crippen molar-refractivity contribution in [3.63, 3.8) is 0 Å². The highest BCUT2D eigenvalue weighted by molar-refractivity contribution is 5.08. The van der Waals surface area contributed by atoms with Crippen LogP contribution in [0.5, 0.6) is 0 Å². The summed E-state index contributed by atoms with van der Waals surface area (Å²) in [6.45, 7) is 11.0. The Morgan fingerprint density at radius 2 is 2.12 bits per heavy atom. The number of nitrogens with zero attached hydrogens (tertiary/aromatic N) is 3. The Morgan fingerprint density at radius 3 is 2.76 bits per heavy atom. The molecule has 1 aromatic heterocycles. The van der Waals surface area contributed by atoms with Gasteiger partial charge in [-0.15, -0.1) is 10.2 Å². The van der Waals surface area contributed by atoms with Gasteiger partial charge in [0.25, 0.3) is 0 Å². The first-order valence-electron chi connectivity index (χ1n) is 6.81. The summed E-state index contributed by atoms with van der Waals surface area (Å²) in [4.78, 5) is 0. The summed E-state index contributed by atoms with van der Waals surface area (Å²) < 4.78 is 2.33.